The Kier molecular flexibility index (Phi) is 6.95. The lowest BCUT2D eigenvalue weighted by molar-refractivity contribution is -0.903. The second kappa shape index (κ2) is 9.00. The van der Waals surface area contributed by atoms with E-state index in [1.807, 2.05) is 6.07 Å². The van der Waals surface area contributed by atoms with Crippen molar-refractivity contribution < 1.29 is 19.5 Å². The molecule has 0 amide bonds. The third kappa shape index (κ3) is 5.63. The molecule has 1 aromatic carbocycles. The van der Waals surface area contributed by atoms with E-state index in [1.54, 1.807) is 7.11 Å². The van der Waals surface area contributed by atoms with Crippen LogP contribution >= 0.6 is 0 Å². The lowest BCUT2D eigenvalue weighted by atomic mass is 10.2. The van der Waals surface area contributed by atoms with Crippen LogP contribution < -0.4 is 9.80 Å². The molecule has 1 aliphatic heterocycles. The maximum Gasteiger partial charge on any atom is 0.126 e. The molecule has 0 unspecified atom stereocenters. The van der Waals surface area contributed by atoms with Gasteiger partial charge in [0.2, 0.25) is 0 Å². The molecular weight excluding hydrogens is 268 g/mol. The predicted octanol–water partition coefficient (Wildman–Crippen LogP) is -0.585. The number of nitrogens with one attached hydrogen (secondary N) is 1. The number of piperazine rings is 1. The van der Waals surface area contributed by atoms with Crippen molar-refractivity contribution in [1.82, 2.24) is 0 Å². The average molecular weight is 295 g/mol. The Hall–Kier alpha value is -1.14. The van der Waals surface area contributed by atoms with Crippen molar-refractivity contribution in [2.24, 2.45) is 0 Å². The van der Waals surface area contributed by atoms with E-state index in [0.29, 0.717) is 19.8 Å². The minimum atomic E-state index is -0.389. The second-order valence-corrected chi connectivity index (χ2v) is 5.50. The van der Waals surface area contributed by atoms with E-state index in [0.717, 1.165) is 32.7 Å². The highest BCUT2D eigenvalue weighted by molar-refractivity contribution is 5.45. The summed E-state index contributed by atoms with van der Waals surface area (Å²) in [6, 6.07) is 10.5. The molecule has 1 saturated heterocycles. The maximum absolute atomic E-state index is 9.98. The molecule has 1 aromatic rings. The number of anilines is 1. The Labute approximate surface area is 127 Å². The molecule has 2 rings (SSSR count). The zero-order valence-electron chi connectivity index (χ0n) is 12.8. The van der Waals surface area contributed by atoms with E-state index in [1.165, 1.54) is 10.6 Å². The highest BCUT2D eigenvalue weighted by atomic mass is 16.5. The first kappa shape index (κ1) is 16.2. The average Bonchev–Trinajstić information content (AvgIpc) is 2.53. The summed E-state index contributed by atoms with van der Waals surface area (Å²) in [6.07, 6.45) is -0.389. The predicted molar refractivity (Wildman–Crippen MR) is 82.9 cm³/mol. The highest BCUT2D eigenvalue weighted by Gasteiger charge is 2.22. The van der Waals surface area contributed by atoms with Gasteiger partial charge in [-0.2, -0.15) is 0 Å². The van der Waals surface area contributed by atoms with Crippen LogP contribution in [0.15, 0.2) is 30.3 Å². The lowest BCUT2D eigenvalue weighted by Gasteiger charge is -2.34. The van der Waals surface area contributed by atoms with E-state index >= 15 is 0 Å². The number of benzene rings is 1. The Balaban J connectivity index is 1.65. The minimum absolute atomic E-state index is 0.389. The van der Waals surface area contributed by atoms with Crippen molar-refractivity contribution in [3.63, 3.8) is 0 Å². The first-order valence-corrected chi connectivity index (χ1v) is 7.68. The number of quaternary nitrogens is 1. The number of hydrogen-bond acceptors (Lipinski definition) is 4. The standard InChI is InChI=1S/C16H26N2O3/c1-20-11-12-21-14-16(19)13-17-7-9-18(10-8-17)15-5-3-2-4-6-15/h2-6,16,19H,7-14H2,1H3/p+1/t16-/m0/s1. The lowest BCUT2D eigenvalue weighted by Crippen LogP contribution is -3.16. The van der Waals surface area contributed by atoms with Crippen molar-refractivity contribution in [2.45, 2.75) is 6.10 Å². The molecular formula is C16H27N2O3+. The number of rotatable bonds is 8. The van der Waals surface area contributed by atoms with Gasteiger partial charge < -0.3 is 24.4 Å². The van der Waals surface area contributed by atoms with Gasteiger partial charge in [0.1, 0.15) is 12.6 Å². The third-order valence-electron chi connectivity index (χ3n) is 3.86. The van der Waals surface area contributed by atoms with E-state index in [9.17, 15) is 5.11 Å². The van der Waals surface area contributed by atoms with Crippen LogP contribution in [0.3, 0.4) is 0 Å². The van der Waals surface area contributed by atoms with Crippen LogP contribution in [0.2, 0.25) is 0 Å². The van der Waals surface area contributed by atoms with E-state index < -0.39 is 0 Å². The Morgan fingerprint density at radius 2 is 1.90 bits per heavy atom. The molecule has 0 bridgehead atoms. The Morgan fingerprint density at radius 1 is 1.19 bits per heavy atom. The summed E-state index contributed by atoms with van der Waals surface area (Å²) in [6.45, 7) is 6.48. The quantitative estimate of drug-likeness (QED) is 0.630. The summed E-state index contributed by atoms with van der Waals surface area (Å²) in [4.78, 5) is 3.86. The molecule has 5 heteroatoms. The van der Waals surface area contributed by atoms with Crippen molar-refractivity contribution in [1.29, 1.82) is 0 Å². The van der Waals surface area contributed by atoms with Crippen molar-refractivity contribution in [3.05, 3.63) is 30.3 Å². The summed E-state index contributed by atoms with van der Waals surface area (Å²) in [5.41, 5.74) is 1.29. The molecule has 0 radical (unpaired) electrons. The van der Waals surface area contributed by atoms with Gasteiger partial charge >= 0.3 is 0 Å². The van der Waals surface area contributed by atoms with Crippen LogP contribution in [-0.2, 0) is 9.47 Å². The molecule has 0 aliphatic carbocycles. The molecule has 5 nitrogen and oxygen atoms in total. The van der Waals surface area contributed by atoms with Gasteiger partial charge in [0.15, 0.2) is 0 Å². The fourth-order valence-electron chi connectivity index (χ4n) is 2.68. The van der Waals surface area contributed by atoms with E-state index in [4.69, 9.17) is 9.47 Å². The van der Waals surface area contributed by atoms with Gasteiger partial charge in [-0.3, -0.25) is 0 Å². The molecule has 21 heavy (non-hydrogen) atoms. The third-order valence-corrected chi connectivity index (χ3v) is 3.86. The smallest absolute Gasteiger partial charge is 0.126 e. The van der Waals surface area contributed by atoms with Gasteiger partial charge in [-0.05, 0) is 12.1 Å². The number of aliphatic hydroxyl groups is 1. The molecule has 118 valence electrons. The number of nitrogens with zero attached hydrogens (tertiary/aromatic N) is 1. The summed E-state index contributed by atoms with van der Waals surface area (Å²) in [5.74, 6) is 0. The first-order chi connectivity index (χ1) is 10.3. The fourth-order valence-corrected chi connectivity index (χ4v) is 2.68. The normalized spacial score (nSPS) is 17.9. The SMILES string of the molecule is COCCOC[C@@H](O)C[NH+]1CCN(c2ccccc2)CC1. The molecule has 1 aliphatic rings. The monoisotopic (exact) mass is 295 g/mol. The number of aliphatic hydroxyl groups excluding tert-OH is 1. The van der Waals surface area contributed by atoms with Gasteiger partial charge in [0, 0.05) is 12.8 Å². The molecule has 1 fully saturated rings. The van der Waals surface area contributed by atoms with Gasteiger partial charge in [-0.1, -0.05) is 18.2 Å². The van der Waals surface area contributed by atoms with E-state index in [2.05, 4.69) is 29.2 Å². The van der Waals surface area contributed by atoms with Crippen LogP contribution in [0.5, 0.6) is 0 Å². The van der Waals surface area contributed by atoms with E-state index in [-0.39, 0.29) is 6.10 Å². The molecule has 0 aromatic heterocycles. The van der Waals surface area contributed by atoms with Crippen LogP contribution in [0.25, 0.3) is 0 Å². The van der Waals surface area contributed by atoms with Gasteiger partial charge in [0.25, 0.3) is 0 Å². The van der Waals surface area contributed by atoms with Crippen LogP contribution in [0.1, 0.15) is 0 Å². The fraction of sp³-hybridized carbons (Fsp3) is 0.625. The van der Waals surface area contributed by atoms with Gasteiger partial charge in [0.05, 0.1) is 46.0 Å². The van der Waals surface area contributed by atoms with Crippen molar-refractivity contribution in [3.8, 4) is 0 Å². The number of hydrogen-bond donors (Lipinski definition) is 2. The van der Waals surface area contributed by atoms with Crippen LogP contribution in [0.4, 0.5) is 5.69 Å². The van der Waals surface area contributed by atoms with Crippen LogP contribution in [0, 0.1) is 0 Å². The number of para-hydroxylation sites is 1. The minimum Gasteiger partial charge on any atom is -0.385 e. The summed E-state index contributed by atoms with van der Waals surface area (Å²) < 4.78 is 10.3. The number of ether oxygens (including phenoxy) is 2. The molecule has 2 N–H and O–H groups in total. The summed E-state index contributed by atoms with van der Waals surface area (Å²) in [5, 5.41) is 9.98. The summed E-state index contributed by atoms with van der Waals surface area (Å²) in [7, 11) is 1.65. The topological polar surface area (TPSA) is 46.4 Å². The van der Waals surface area contributed by atoms with Gasteiger partial charge in [-0.15, -0.1) is 0 Å². The largest absolute Gasteiger partial charge is 0.385 e. The highest BCUT2D eigenvalue weighted by Crippen LogP contribution is 2.12. The zero-order chi connectivity index (χ0) is 14.9. The molecule has 0 spiro atoms. The first-order valence-electron chi connectivity index (χ1n) is 7.68. The molecule has 1 heterocycles. The van der Waals surface area contributed by atoms with Crippen LogP contribution in [-0.4, -0.2) is 70.9 Å². The van der Waals surface area contributed by atoms with Crippen molar-refractivity contribution >= 4 is 5.69 Å². The van der Waals surface area contributed by atoms with Gasteiger partial charge in [-0.25, -0.2) is 0 Å². The Morgan fingerprint density at radius 3 is 2.57 bits per heavy atom. The summed E-state index contributed by atoms with van der Waals surface area (Å²) >= 11 is 0. The van der Waals surface area contributed by atoms with Crippen molar-refractivity contribution in [2.75, 3.05) is 64.6 Å². The Bertz CT molecular complexity index is 380. The zero-order valence-corrected chi connectivity index (χ0v) is 12.8. The molecule has 0 saturated carbocycles. The number of methoxy groups -OCH3 is 1. The molecule has 1 atom stereocenters. The maximum atomic E-state index is 9.98. The second-order valence-electron chi connectivity index (χ2n) is 5.50.